The standard InChI is InChI=1S/C24H33N3O4/c28-23(26-24-12-17-9-18(13-24)11-19(10-17)14-24)25-20-3-7-22(8-4-20)31-15-16-1-5-21(6-2-16)27(29)30/h1-2,5-6,17-20,22H,3-4,7-15H2,(H2,25,26,28)/t17?,18?,19?,20-,22+,24?. The second-order valence-corrected chi connectivity index (χ2v) is 10.5. The zero-order chi connectivity index (χ0) is 21.4. The number of non-ortho nitro benzene ring substituents is 1. The lowest BCUT2D eigenvalue weighted by Crippen LogP contribution is -2.62. The Morgan fingerprint density at radius 2 is 1.58 bits per heavy atom. The third-order valence-electron chi connectivity index (χ3n) is 8.06. The smallest absolute Gasteiger partial charge is 0.315 e. The van der Waals surface area contributed by atoms with Crippen molar-refractivity contribution >= 4 is 11.7 Å². The van der Waals surface area contributed by atoms with Crippen LogP contribution in [-0.2, 0) is 11.3 Å². The monoisotopic (exact) mass is 427 g/mol. The Morgan fingerprint density at radius 3 is 2.13 bits per heavy atom. The van der Waals surface area contributed by atoms with Crippen molar-refractivity contribution in [2.75, 3.05) is 0 Å². The van der Waals surface area contributed by atoms with E-state index in [4.69, 9.17) is 4.74 Å². The fourth-order valence-corrected chi connectivity index (χ4v) is 7.03. The van der Waals surface area contributed by atoms with E-state index in [2.05, 4.69) is 10.6 Å². The largest absolute Gasteiger partial charge is 0.374 e. The molecule has 5 aliphatic rings. The Hall–Kier alpha value is -2.15. The first-order valence-corrected chi connectivity index (χ1v) is 11.9. The van der Waals surface area contributed by atoms with E-state index in [1.807, 2.05) is 0 Å². The molecule has 7 heteroatoms. The van der Waals surface area contributed by atoms with E-state index < -0.39 is 4.92 Å². The number of urea groups is 1. The van der Waals surface area contributed by atoms with Crippen LogP contribution >= 0.6 is 0 Å². The molecule has 0 aromatic heterocycles. The van der Waals surface area contributed by atoms with Crippen molar-refractivity contribution in [3.8, 4) is 0 Å². The number of hydrogen-bond donors (Lipinski definition) is 2. The number of amides is 2. The predicted molar refractivity (Wildman–Crippen MR) is 116 cm³/mol. The average molecular weight is 428 g/mol. The molecule has 31 heavy (non-hydrogen) atoms. The normalized spacial score (nSPS) is 36.2. The minimum absolute atomic E-state index is 0.0252. The van der Waals surface area contributed by atoms with Crippen molar-refractivity contribution in [2.24, 2.45) is 17.8 Å². The second kappa shape index (κ2) is 8.41. The summed E-state index contributed by atoms with van der Waals surface area (Å²) in [6.45, 7) is 0.466. The van der Waals surface area contributed by atoms with Crippen LogP contribution < -0.4 is 10.6 Å². The number of ether oxygens (including phenoxy) is 1. The minimum Gasteiger partial charge on any atom is -0.374 e. The van der Waals surface area contributed by atoms with Crippen molar-refractivity contribution in [3.05, 3.63) is 39.9 Å². The number of nitro groups is 1. The quantitative estimate of drug-likeness (QED) is 0.509. The molecule has 0 unspecified atom stereocenters. The molecule has 5 aliphatic carbocycles. The van der Waals surface area contributed by atoms with Crippen LogP contribution in [0.5, 0.6) is 0 Å². The molecule has 1 aromatic carbocycles. The van der Waals surface area contributed by atoms with Gasteiger partial charge in [-0.3, -0.25) is 10.1 Å². The SMILES string of the molecule is O=C(NC12CC3CC(CC(C3)C1)C2)N[C@H]1CC[C@@H](OCc2ccc([N+](=O)[O-])cc2)CC1. The molecule has 7 nitrogen and oxygen atoms in total. The Labute approximate surface area is 183 Å². The number of nitro benzene ring substituents is 1. The molecule has 0 saturated heterocycles. The topological polar surface area (TPSA) is 93.5 Å². The van der Waals surface area contributed by atoms with Crippen LogP contribution in [0.3, 0.4) is 0 Å². The van der Waals surface area contributed by atoms with E-state index in [0.29, 0.717) is 6.61 Å². The van der Waals surface area contributed by atoms with Gasteiger partial charge in [0.2, 0.25) is 0 Å². The molecule has 6 rings (SSSR count). The summed E-state index contributed by atoms with van der Waals surface area (Å²) in [6.07, 6.45) is 11.6. The molecule has 0 spiro atoms. The van der Waals surface area contributed by atoms with Gasteiger partial charge in [0.25, 0.3) is 5.69 Å². The molecule has 0 atom stereocenters. The molecule has 2 amide bonds. The van der Waals surface area contributed by atoms with Crippen molar-refractivity contribution < 1.29 is 14.5 Å². The molecule has 1 aromatic rings. The maximum atomic E-state index is 12.8. The highest BCUT2D eigenvalue weighted by Crippen LogP contribution is 2.55. The highest BCUT2D eigenvalue weighted by Gasteiger charge is 2.51. The first-order valence-electron chi connectivity index (χ1n) is 11.9. The van der Waals surface area contributed by atoms with E-state index in [-0.39, 0.29) is 29.4 Å². The lowest BCUT2D eigenvalue weighted by atomic mass is 9.53. The molecule has 0 radical (unpaired) electrons. The van der Waals surface area contributed by atoms with Gasteiger partial charge in [-0.15, -0.1) is 0 Å². The number of carbonyl (C=O) groups excluding carboxylic acids is 1. The summed E-state index contributed by atoms with van der Waals surface area (Å²) in [5.41, 5.74) is 1.10. The third-order valence-corrected chi connectivity index (χ3v) is 8.06. The number of benzene rings is 1. The zero-order valence-electron chi connectivity index (χ0n) is 18.1. The fraction of sp³-hybridized carbons (Fsp3) is 0.708. The van der Waals surface area contributed by atoms with Crippen molar-refractivity contribution in [1.82, 2.24) is 10.6 Å². The Bertz CT molecular complexity index is 781. The van der Waals surface area contributed by atoms with E-state index in [0.717, 1.165) is 49.0 Å². The van der Waals surface area contributed by atoms with Gasteiger partial charge in [0, 0.05) is 23.7 Å². The van der Waals surface area contributed by atoms with E-state index >= 15 is 0 Å². The van der Waals surface area contributed by atoms with Crippen LogP contribution in [-0.4, -0.2) is 28.6 Å². The Kier molecular flexibility index (Phi) is 5.63. The van der Waals surface area contributed by atoms with E-state index in [1.165, 1.54) is 50.7 Å². The fourth-order valence-electron chi connectivity index (χ4n) is 7.03. The van der Waals surface area contributed by atoms with Crippen LogP contribution in [0.4, 0.5) is 10.5 Å². The summed E-state index contributed by atoms with van der Waals surface area (Å²) < 4.78 is 6.02. The maximum absolute atomic E-state index is 12.8. The lowest BCUT2D eigenvalue weighted by Gasteiger charge is -2.56. The Balaban J connectivity index is 1.04. The van der Waals surface area contributed by atoms with Gasteiger partial charge in [0.1, 0.15) is 0 Å². The number of nitrogens with one attached hydrogen (secondary N) is 2. The molecule has 4 bridgehead atoms. The van der Waals surface area contributed by atoms with Crippen LogP contribution in [0.2, 0.25) is 0 Å². The summed E-state index contributed by atoms with van der Waals surface area (Å²) in [7, 11) is 0. The summed E-state index contributed by atoms with van der Waals surface area (Å²) in [5, 5.41) is 17.4. The maximum Gasteiger partial charge on any atom is 0.315 e. The van der Waals surface area contributed by atoms with Crippen molar-refractivity contribution in [2.45, 2.75) is 88.5 Å². The summed E-state index contributed by atoms with van der Waals surface area (Å²) in [5.74, 6) is 2.49. The van der Waals surface area contributed by atoms with Gasteiger partial charge < -0.3 is 15.4 Å². The molecule has 168 valence electrons. The van der Waals surface area contributed by atoms with E-state index in [9.17, 15) is 14.9 Å². The molecular formula is C24H33N3O4. The summed E-state index contributed by atoms with van der Waals surface area (Å²) in [6, 6.07) is 6.77. The van der Waals surface area contributed by atoms with Crippen LogP contribution in [0.1, 0.15) is 69.8 Å². The zero-order valence-corrected chi connectivity index (χ0v) is 18.1. The second-order valence-electron chi connectivity index (χ2n) is 10.5. The molecule has 0 heterocycles. The number of rotatable bonds is 6. The Morgan fingerprint density at radius 1 is 1.00 bits per heavy atom. The van der Waals surface area contributed by atoms with Crippen LogP contribution in [0.15, 0.2) is 24.3 Å². The van der Waals surface area contributed by atoms with Gasteiger partial charge in [-0.25, -0.2) is 4.79 Å². The molecule has 5 fully saturated rings. The summed E-state index contributed by atoms with van der Waals surface area (Å²) in [4.78, 5) is 23.1. The number of carbonyl (C=O) groups is 1. The average Bonchev–Trinajstić information content (AvgIpc) is 2.72. The van der Waals surface area contributed by atoms with Crippen molar-refractivity contribution in [1.29, 1.82) is 0 Å². The number of nitrogens with zero attached hydrogens (tertiary/aromatic N) is 1. The van der Waals surface area contributed by atoms with Gasteiger partial charge in [0.15, 0.2) is 0 Å². The van der Waals surface area contributed by atoms with Crippen LogP contribution in [0, 0.1) is 27.9 Å². The van der Waals surface area contributed by atoms with Crippen molar-refractivity contribution in [3.63, 3.8) is 0 Å². The highest BCUT2D eigenvalue weighted by atomic mass is 16.6. The first kappa shape index (κ1) is 20.7. The molecular weight excluding hydrogens is 394 g/mol. The van der Waals surface area contributed by atoms with E-state index in [1.54, 1.807) is 12.1 Å². The minimum atomic E-state index is -0.391. The van der Waals surface area contributed by atoms with Gasteiger partial charge in [0.05, 0.1) is 17.6 Å². The van der Waals surface area contributed by atoms with Gasteiger partial charge in [-0.05, 0) is 99.7 Å². The van der Waals surface area contributed by atoms with Gasteiger partial charge in [-0.2, -0.15) is 0 Å². The van der Waals surface area contributed by atoms with Gasteiger partial charge >= 0.3 is 6.03 Å². The summed E-state index contributed by atoms with van der Waals surface area (Å²) >= 11 is 0. The highest BCUT2D eigenvalue weighted by molar-refractivity contribution is 5.75. The molecule has 5 saturated carbocycles. The van der Waals surface area contributed by atoms with Crippen LogP contribution in [0.25, 0.3) is 0 Å². The lowest BCUT2D eigenvalue weighted by molar-refractivity contribution is -0.384. The molecule has 0 aliphatic heterocycles. The van der Waals surface area contributed by atoms with Gasteiger partial charge in [-0.1, -0.05) is 0 Å². The third kappa shape index (κ3) is 4.71. The first-order chi connectivity index (χ1) is 15.0. The predicted octanol–water partition coefficient (Wildman–Crippen LogP) is 4.69. The number of hydrogen-bond acceptors (Lipinski definition) is 4. The molecule has 2 N–H and O–H groups in total.